The summed E-state index contributed by atoms with van der Waals surface area (Å²) < 4.78 is 0. The van der Waals surface area contributed by atoms with E-state index in [0.29, 0.717) is 25.0 Å². The number of para-hydroxylation sites is 1. The van der Waals surface area contributed by atoms with Crippen molar-refractivity contribution in [1.29, 1.82) is 0 Å². The number of rotatable bonds is 5. The molecular weight excluding hydrogens is 429 g/mol. The lowest BCUT2D eigenvalue weighted by molar-refractivity contribution is -0.131. The van der Waals surface area contributed by atoms with Crippen molar-refractivity contribution in [1.82, 2.24) is 9.80 Å². The largest absolute Gasteiger partial charge is 0.370 e. The van der Waals surface area contributed by atoms with Crippen molar-refractivity contribution in [2.75, 3.05) is 44.7 Å². The molecule has 1 aliphatic heterocycles. The topological polar surface area (TPSA) is 65.2 Å². The van der Waals surface area contributed by atoms with Crippen LogP contribution in [0.3, 0.4) is 0 Å². The summed E-state index contributed by atoms with van der Waals surface area (Å²) in [5, 5.41) is 0. The Morgan fingerprint density at radius 2 is 1.84 bits per heavy atom. The normalized spacial score (nSPS) is 17.9. The molecule has 2 fully saturated rings. The molecule has 2 N–H and O–H groups in total. The third-order valence-corrected chi connectivity index (χ3v) is 4.81. The minimum atomic E-state index is 0. The Hall–Kier alpha value is -1.51. The van der Waals surface area contributed by atoms with Gasteiger partial charge in [0.15, 0.2) is 5.96 Å². The molecule has 7 heteroatoms. The van der Waals surface area contributed by atoms with Crippen molar-refractivity contribution < 1.29 is 4.79 Å². The Balaban J connectivity index is 0.00000225. The molecule has 1 saturated carbocycles. The highest BCUT2D eigenvalue weighted by molar-refractivity contribution is 14.0. The molecule has 0 unspecified atom stereocenters. The second-order valence-corrected chi connectivity index (χ2v) is 6.54. The van der Waals surface area contributed by atoms with Crippen LogP contribution in [0.15, 0.2) is 35.3 Å². The molecule has 1 aromatic rings. The maximum Gasteiger partial charge on any atom is 0.224 e. The van der Waals surface area contributed by atoms with Gasteiger partial charge in [0.25, 0.3) is 0 Å². The molecule has 1 saturated heterocycles. The van der Waals surface area contributed by atoms with Gasteiger partial charge in [-0.05, 0) is 25.0 Å². The summed E-state index contributed by atoms with van der Waals surface area (Å²) in [5.74, 6) is 0.729. The van der Waals surface area contributed by atoms with Crippen LogP contribution in [0, 0.1) is 0 Å². The van der Waals surface area contributed by atoms with Gasteiger partial charge in [0.1, 0.15) is 0 Å². The van der Waals surface area contributed by atoms with Crippen molar-refractivity contribution in [3.63, 3.8) is 0 Å². The van der Waals surface area contributed by atoms with Crippen LogP contribution in [0.4, 0.5) is 5.69 Å². The Kier molecular flexibility index (Phi) is 7.34. The molecule has 1 aliphatic carbocycles. The van der Waals surface area contributed by atoms with Crippen molar-refractivity contribution in [3.8, 4) is 0 Å². The first-order valence-corrected chi connectivity index (χ1v) is 8.75. The Labute approximate surface area is 167 Å². The number of carbonyl (C=O) groups is 1. The van der Waals surface area contributed by atoms with E-state index < -0.39 is 0 Å². The van der Waals surface area contributed by atoms with Gasteiger partial charge in [0, 0.05) is 51.4 Å². The van der Waals surface area contributed by atoms with Crippen LogP contribution in [0.2, 0.25) is 0 Å². The monoisotopic (exact) mass is 457 g/mol. The number of nitrogens with two attached hydrogens (primary N) is 1. The first-order valence-electron chi connectivity index (χ1n) is 8.75. The zero-order valence-electron chi connectivity index (χ0n) is 14.8. The van der Waals surface area contributed by atoms with Crippen LogP contribution in [-0.4, -0.2) is 67.5 Å². The lowest BCUT2D eigenvalue weighted by Gasteiger charge is -2.36. The molecule has 1 aromatic carbocycles. The summed E-state index contributed by atoms with van der Waals surface area (Å²) in [7, 11) is 1.97. The number of piperazine rings is 1. The minimum Gasteiger partial charge on any atom is -0.370 e. The highest BCUT2D eigenvalue weighted by Gasteiger charge is 2.27. The third-order valence-electron chi connectivity index (χ3n) is 4.81. The Morgan fingerprint density at radius 1 is 1.20 bits per heavy atom. The fraction of sp³-hybridized carbons (Fsp3) is 0.556. The number of hydrogen-bond donors (Lipinski definition) is 1. The van der Waals surface area contributed by atoms with Gasteiger partial charge >= 0.3 is 0 Å². The minimum absolute atomic E-state index is 0. The summed E-state index contributed by atoms with van der Waals surface area (Å²) in [5.41, 5.74) is 7.18. The van der Waals surface area contributed by atoms with E-state index in [2.05, 4.69) is 22.0 Å². The summed E-state index contributed by atoms with van der Waals surface area (Å²) in [6, 6.07) is 10.9. The smallest absolute Gasteiger partial charge is 0.224 e. The highest BCUT2D eigenvalue weighted by atomic mass is 127. The predicted molar refractivity (Wildman–Crippen MR) is 113 cm³/mol. The predicted octanol–water partition coefficient (Wildman–Crippen LogP) is 1.75. The van der Waals surface area contributed by atoms with Crippen LogP contribution >= 0.6 is 24.0 Å². The standard InChI is InChI=1S/C18H27N5O.HI/c1-21(15-7-8-15)18(19)20-10-9-17(24)23-13-11-22(12-14-23)16-5-3-2-4-6-16;/h2-6,15H,7-14H2,1H3,(H2,19,20);1H. The van der Waals surface area contributed by atoms with Crippen LogP contribution in [0.1, 0.15) is 19.3 Å². The average Bonchev–Trinajstić information content (AvgIpc) is 3.47. The fourth-order valence-electron chi connectivity index (χ4n) is 3.04. The molecule has 25 heavy (non-hydrogen) atoms. The van der Waals surface area contributed by atoms with Gasteiger partial charge in [-0.2, -0.15) is 0 Å². The maximum atomic E-state index is 12.3. The van der Waals surface area contributed by atoms with E-state index in [4.69, 9.17) is 5.73 Å². The van der Waals surface area contributed by atoms with Gasteiger partial charge < -0.3 is 20.4 Å². The molecule has 0 spiro atoms. The second kappa shape index (κ2) is 9.26. The van der Waals surface area contributed by atoms with E-state index in [0.717, 1.165) is 26.2 Å². The first-order chi connectivity index (χ1) is 11.6. The average molecular weight is 457 g/mol. The Morgan fingerprint density at radius 3 is 2.44 bits per heavy atom. The number of anilines is 1. The van der Waals surface area contributed by atoms with E-state index in [1.165, 1.54) is 18.5 Å². The lowest BCUT2D eigenvalue weighted by atomic mass is 10.2. The summed E-state index contributed by atoms with van der Waals surface area (Å²) in [6.45, 7) is 3.78. The van der Waals surface area contributed by atoms with Crippen LogP contribution < -0.4 is 10.6 Å². The van der Waals surface area contributed by atoms with Gasteiger partial charge in [-0.25, -0.2) is 0 Å². The van der Waals surface area contributed by atoms with Gasteiger partial charge in [-0.1, -0.05) is 18.2 Å². The van der Waals surface area contributed by atoms with Crippen molar-refractivity contribution in [3.05, 3.63) is 30.3 Å². The maximum absolute atomic E-state index is 12.3. The molecule has 0 aromatic heterocycles. The van der Waals surface area contributed by atoms with E-state index in [1.54, 1.807) is 0 Å². The quantitative estimate of drug-likeness (QED) is 0.416. The van der Waals surface area contributed by atoms with Crippen LogP contribution in [0.5, 0.6) is 0 Å². The van der Waals surface area contributed by atoms with Crippen LogP contribution in [0.25, 0.3) is 0 Å². The highest BCUT2D eigenvalue weighted by Crippen LogP contribution is 2.24. The lowest BCUT2D eigenvalue weighted by Crippen LogP contribution is -2.49. The molecule has 0 atom stereocenters. The van der Waals surface area contributed by atoms with Gasteiger partial charge in [0.05, 0.1) is 6.54 Å². The number of amides is 1. The SMILES string of the molecule is CN(C(N)=NCCC(=O)N1CCN(c2ccccc2)CC1)C1CC1.I. The summed E-state index contributed by atoms with van der Waals surface area (Å²) in [6.07, 6.45) is 2.82. The molecule has 2 aliphatic rings. The third kappa shape index (κ3) is 5.49. The molecule has 1 heterocycles. The fourth-order valence-corrected chi connectivity index (χ4v) is 3.04. The number of aliphatic imine (C=N–C) groups is 1. The summed E-state index contributed by atoms with van der Waals surface area (Å²) >= 11 is 0. The number of halogens is 1. The molecule has 6 nitrogen and oxygen atoms in total. The summed E-state index contributed by atoms with van der Waals surface area (Å²) in [4.78, 5) is 22.9. The zero-order valence-corrected chi connectivity index (χ0v) is 17.1. The van der Waals surface area contributed by atoms with Gasteiger partial charge in [-0.15, -0.1) is 24.0 Å². The van der Waals surface area contributed by atoms with E-state index in [1.807, 2.05) is 35.0 Å². The number of benzene rings is 1. The number of carbonyl (C=O) groups excluding carboxylic acids is 1. The number of hydrogen-bond acceptors (Lipinski definition) is 3. The molecule has 138 valence electrons. The van der Waals surface area contributed by atoms with Crippen molar-refractivity contribution in [2.45, 2.75) is 25.3 Å². The van der Waals surface area contributed by atoms with Gasteiger partial charge in [-0.3, -0.25) is 9.79 Å². The van der Waals surface area contributed by atoms with Crippen LogP contribution in [-0.2, 0) is 4.79 Å². The molecule has 1 amide bonds. The molecule has 3 rings (SSSR count). The van der Waals surface area contributed by atoms with Crippen molar-refractivity contribution in [2.24, 2.45) is 10.7 Å². The zero-order chi connectivity index (χ0) is 16.9. The van der Waals surface area contributed by atoms with Crippen molar-refractivity contribution >= 4 is 41.5 Å². The van der Waals surface area contributed by atoms with E-state index in [-0.39, 0.29) is 29.9 Å². The molecular formula is C18H28IN5O. The van der Waals surface area contributed by atoms with Gasteiger partial charge in [0.2, 0.25) is 5.91 Å². The Bertz CT molecular complexity index is 582. The number of nitrogens with zero attached hydrogens (tertiary/aromatic N) is 4. The molecule has 0 radical (unpaired) electrons. The molecule has 0 bridgehead atoms. The number of guanidine groups is 1. The first kappa shape index (κ1) is 19.8. The van der Waals surface area contributed by atoms with E-state index >= 15 is 0 Å². The second-order valence-electron chi connectivity index (χ2n) is 6.54. The van der Waals surface area contributed by atoms with E-state index in [9.17, 15) is 4.79 Å².